The Morgan fingerprint density at radius 1 is 1.21 bits per heavy atom. The monoisotopic (exact) mass is 495 g/mol. The molecule has 1 saturated heterocycles. The summed E-state index contributed by atoms with van der Waals surface area (Å²) in [6, 6.07) is 11.1. The number of ketones is 1. The van der Waals surface area contributed by atoms with Crippen LogP contribution in [-0.4, -0.2) is 37.1 Å². The summed E-state index contributed by atoms with van der Waals surface area (Å²) in [5.41, 5.74) is -0.0117. The van der Waals surface area contributed by atoms with Gasteiger partial charge in [0, 0.05) is 6.54 Å². The van der Waals surface area contributed by atoms with Crippen molar-refractivity contribution in [2.24, 2.45) is 0 Å². The van der Waals surface area contributed by atoms with E-state index in [4.69, 9.17) is 12.2 Å². The van der Waals surface area contributed by atoms with Crippen LogP contribution < -0.4 is 5.56 Å². The molecule has 176 valence electrons. The average molecular weight is 496 g/mol. The zero-order valence-corrected chi connectivity index (χ0v) is 20.7. The maximum absolute atomic E-state index is 13.2. The third-order valence-corrected chi connectivity index (χ3v) is 6.96. The number of thioether (sulfide) groups is 1. The molecule has 0 unspecified atom stereocenters. The Hall–Kier alpha value is -3.22. The molecule has 7 nitrogen and oxygen atoms in total. The van der Waals surface area contributed by atoms with E-state index in [1.54, 1.807) is 6.08 Å². The Labute approximate surface area is 207 Å². The van der Waals surface area contributed by atoms with Gasteiger partial charge in [0.05, 0.1) is 17.0 Å². The van der Waals surface area contributed by atoms with Crippen molar-refractivity contribution in [3.63, 3.8) is 0 Å². The highest BCUT2D eigenvalue weighted by Gasteiger charge is 2.35. The van der Waals surface area contributed by atoms with Gasteiger partial charge in [0.1, 0.15) is 16.0 Å². The van der Waals surface area contributed by atoms with Gasteiger partial charge in [-0.15, -0.1) is 0 Å². The van der Waals surface area contributed by atoms with E-state index in [1.807, 2.05) is 36.4 Å². The maximum Gasteiger partial charge on any atom is 0.271 e. The summed E-state index contributed by atoms with van der Waals surface area (Å²) >= 11 is 6.42. The number of hydrogen-bond donors (Lipinski definition) is 1. The zero-order valence-electron chi connectivity index (χ0n) is 19.0. The van der Waals surface area contributed by atoms with E-state index < -0.39 is 29.7 Å². The molecule has 1 amide bonds. The summed E-state index contributed by atoms with van der Waals surface area (Å²) < 4.78 is 1.31. The molecule has 2 heterocycles. The third-order valence-electron chi connectivity index (χ3n) is 5.59. The summed E-state index contributed by atoms with van der Waals surface area (Å²) in [6.07, 6.45) is 5.16. The van der Waals surface area contributed by atoms with E-state index in [2.05, 4.69) is 6.92 Å². The predicted octanol–water partition coefficient (Wildman–Crippen LogP) is 4.40. The number of carbonyl (C=O) groups is 2. The van der Waals surface area contributed by atoms with Gasteiger partial charge in [-0.05, 0) is 30.5 Å². The minimum absolute atomic E-state index is 0.102. The number of nitriles is 1. The molecule has 0 saturated carbocycles. The highest BCUT2D eigenvalue weighted by Crippen LogP contribution is 2.33. The predicted molar refractivity (Wildman–Crippen MR) is 137 cm³/mol. The maximum atomic E-state index is 13.2. The van der Waals surface area contributed by atoms with Gasteiger partial charge in [-0.1, -0.05) is 80.5 Å². The highest BCUT2D eigenvalue weighted by atomic mass is 32.2. The lowest BCUT2D eigenvalue weighted by atomic mass is 10.0. The summed E-state index contributed by atoms with van der Waals surface area (Å²) in [4.78, 5) is 40.5. The van der Waals surface area contributed by atoms with Crippen molar-refractivity contribution in [2.45, 2.75) is 46.1 Å². The number of unbranched alkanes of at least 4 members (excludes halogenated alkanes) is 3. The Kier molecular flexibility index (Phi) is 8.42. The van der Waals surface area contributed by atoms with Crippen molar-refractivity contribution in [2.75, 3.05) is 6.54 Å². The molecule has 0 atom stereocenters. The van der Waals surface area contributed by atoms with E-state index >= 15 is 0 Å². The first-order valence-electron chi connectivity index (χ1n) is 11.0. The van der Waals surface area contributed by atoms with Crippen molar-refractivity contribution in [3.8, 4) is 11.9 Å². The van der Waals surface area contributed by atoms with Crippen molar-refractivity contribution < 1.29 is 14.7 Å². The lowest BCUT2D eigenvalue weighted by molar-refractivity contribution is -0.121. The number of rotatable bonds is 9. The fraction of sp³-hybridized carbons (Fsp3) is 0.320. The Bertz CT molecular complexity index is 1260. The zero-order chi connectivity index (χ0) is 24.8. The van der Waals surface area contributed by atoms with E-state index in [0.717, 1.165) is 41.2 Å². The van der Waals surface area contributed by atoms with Gasteiger partial charge >= 0.3 is 0 Å². The molecular formula is C25H25N3O4S2. The summed E-state index contributed by atoms with van der Waals surface area (Å²) in [6.45, 7) is 3.31. The standard InChI is InChI=1S/C25H25N3O4S2/c1-3-4-5-9-12-27-22(30)18(14-26)16(2)21(24(27)32)19(29)15-28-23(31)20(34-25(28)33)13-17-10-7-6-8-11-17/h6-8,10-11,13,32H,3-5,9,12,15H2,1-2H3/b20-13-. The number of benzene rings is 1. The van der Waals surface area contributed by atoms with E-state index in [9.17, 15) is 24.8 Å². The van der Waals surface area contributed by atoms with Gasteiger partial charge in [0.25, 0.3) is 11.5 Å². The highest BCUT2D eigenvalue weighted by molar-refractivity contribution is 8.26. The number of thiocarbonyl (C=S) groups is 1. The molecule has 0 spiro atoms. The summed E-state index contributed by atoms with van der Waals surface area (Å²) in [5, 5.41) is 20.4. The van der Waals surface area contributed by atoms with Gasteiger partial charge < -0.3 is 5.11 Å². The lowest BCUT2D eigenvalue weighted by Crippen LogP contribution is -2.35. The largest absolute Gasteiger partial charge is 0.494 e. The normalized spacial score (nSPS) is 14.6. The van der Waals surface area contributed by atoms with Crippen molar-refractivity contribution >= 4 is 46.1 Å². The van der Waals surface area contributed by atoms with Crippen LogP contribution in [-0.2, 0) is 11.3 Å². The van der Waals surface area contributed by atoms with Crippen LogP contribution in [0, 0.1) is 18.3 Å². The lowest BCUT2D eigenvalue weighted by Gasteiger charge is -2.18. The topological polar surface area (TPSA) is 103 Å². The molecule has 2 aromatic rings. The average Bonchev–Trinajstić information content (AvgIpc) is 3.06. The van der Waals surface area contributed by atoms with Gasteiger partial charge in [-0.2, -0.15) is 5.26 Å². The molecule has 1 aromatic carbocycles. The minimum Gasteiger partial charge on any atom is -0.494 e. The first-order chi connectivity index (χ1) is 16.3. The number of Topliss-reactive ketones (excluding diaryl/α,β-unsaturated/α-hetero) is 1. The van der Waals surface area contributed by atoms with Crippen LogP contribution in [0.5, 0.6) is 5.88 Å². The third kappa shape index (κ3) is 5.29. The van der Waals surface area contributed by atoms with Crippen LogP contribution in [0.25, 0.3) is 6.08 Å². The number of amides is 1. The van der Waals surface area contributed by atoms with Crippen LogP contribution in [0.4, 0.5) is 0 Å². The Balaban J connectivity index is 1.90. The molecule has 1 N–H and O–H groups in total. The molecule has 1 aliphatic heterocycles. The van der Waals surface area contributed by atoms with Gasteiger partial charge in [-0.3, -0.25) is 23.9 Å². The molecule has 1 aliphatic rings. The molecule has 0 radical (unpaired) electrons. The van der Waals surface area contributed by atoms with Crippen LogP contribution in [0.3, 0.4) is 0 Å². The molecule has 0 bridgehead atoms. The number of hydrogen-bond acceptors (Lipinski definition) is 7. The molecule has 9 heteroatoms. The molecule has 1 fully saturated rings. The summed E-state index contributed by atoms with van der Waals surface area (Å²) in [7, 11) is 0. The molecule has 34 heavy (non-hydrogen) atoms. The van der Waals surface area contributed by atoms with Crippen LogP contribution in [0.15, 0.2) is 40.0 Å². The van der Waals surface area contributed by atoms with Crippen molar-refractivity contribution in [1.29, 1.82) is 5.26 Å². The molecular weight excluding hydrogens is 470 g/mol. The molecule has 1 aromatic heterocycles. The fourth-order valence-corrected chi connectivity index (χ4v) is 5.00. The number of pyridine rings is 1. The number of aromatic hydroxyl groups is 1. The Morgan fingerprint density at radius 2 is 1.91 bits per heavy atom. The first-order valence-corrected chi connectivity index (χ1v) is 12.2. The first kappa shape index (κ1) is 25.4. The van der Waals surface area contributed by atoms with E-state index in [1.165, 1.54) is 11.8 Å². The second kappa shape index (κ2) is 11.3. The van der Waals surface area contributed by atoms with Gasteiger partial charge in [-0.25, -0.2) is 0 Å². The summed E-state index contributed by atoms with van der Waals surface area (Å²) in [5.74, 6) is -1.47. The van der Waals surface area contributed by atoms with Crippen LogP contribution >= 0.6 is 24.0 Å². The quantitative estimate of drug-likeness (QED) is 0.238. The smallest absolute Gasteiger partial charge is 0.271 e. The van der Waals surface area contributed by atoms with Crippen molar-refractivity contribution in [1.82, 2.24) is 9.47 Å². The van der Waals surface area contributed by atoms with Gasteiger partial charge in [0.2, 0.25) is 5.88 Å². The SMILES string of the molecule is CCCCCCn1c(O)c(C(=O)CN2C(=O)/C(=C/c3ccccc3)SC2=S)c(C)c(C#N)c1=O. The second-order valence-electron chi connectivity index (χ2n) is 7.93. The second-order valence-corrected chi connectivity index (χ2v) is 9.61. The van der Waals surface area contributed by atoms with Crippen molar-refractivity contribution in [3.05, 3.63) is 67.8 Å². The van der Waals surface area contributed by atoms with E-state index in [-0.39, 0.29) is 27.6 Å². The van der Waals surface area contributed by atoms with Crippen LogP contribution in [0.2, 0.25) is 0 Å². The Morgan fingerprint density at radius 3 is 2.56 bits per heavy atom. The van der Waals surface area contributed by atoms with Gasteiger partial charge in [0.15, 0.2) is 5.78 Å². The fourth-order valence-electron chi connectivity index (χ4n) is 3.75. The number of aromatic nitrogens is 1. The molecule has 0 aliphatic carbocycles. The number of carbonyl (C=O) groups excluding carboxylic acids is 2. The van der Waals surface area contributed by atoms with Crippen LogP contribution in [0.1, 0.15) is 59.7 Å². The number of nitrogens with zero attached hydrogens (tertiary/aromatic N) is 3. The molecule has 3 rings (SSSR count). The minimum atomic E-state index is -0.623. The van der Waals surface area contributed by atoms with E-state index in [0.29, 0.717) is 11.3 Å².